The molecule has 1 aromatic heterocycles. The maximum Gasteiger partial charge on any atom is 0.323 e. The van der Waals surface area contributed by atoms with Crippen molar-refractivity contribution in [2.75, 3.05) is 36.9 Å². The lowest BCUT2D eigenvalue weighted by atomic mass is 9.99. The molecule has 0 radical (unpaired) electrons. The zero-order valence-electron chi connectivity index (χ0n) is 19.9. The summed E-state index contributed by atoms with van der Waals surface area (Å²) in [6.07, 6.45) is 0. The van der Waals surface area contributed by atoms with E-state index < -0.39 is 0 Å². The van der Waals surface area contributed by atoms with Crippen LogP contribution in [0.15, 0.2) is 66.7 Å². The average molecular weight is 469 g/mol. The number of aryl methyl sites for hydroxylation is 2. The molecule has 0 unspecified atom stereocenters. The van der Waals surface area contributed by atoms with E-state index in [0.717, 1.165) is 33.3 Å². The van der Waals surface area contributed by atoms with Gasteiger partial charge in [-0.2, -0.15) is 0 Å². The van der Waals surface area contributed by atoms with Gasteiger partial charge in [0.25, 0.3) is 5.91 Å². The Morgan fingerprint density at radius 1 is 0.886 bits per heavy atom. The number of carbonyl (C=O) groups is 2. The fourth-order valence-electron chi connectivity index (χ4n) is 4.52. The highest BCUT2D eigenvalue weighted by Gasteiger charge is 2.26. The minimum absolute atomic E-state index is 0.0729. The summed E-state index contributed by atoms with van der Waals surface area (Å²) in [7, 11) is 0. The van der Waals surface area contributed by atoms with Gasteiger partial charge in [-0.25, -0.2) is 4.79 Å². The van der Waals surface area contributed by atoms with Gasteiger partial charge in [0.2, 0.25) is 0 Å². The third kappa shape index (κ3) is 4.63. The van der Waals surface area contributed by atoms with E-state index >= 15 is 0 Å². The lowest BCUT2D eigenvalue weighted by Crippen LogP contribution is -2.41. The van der Waals surface area contributed by atoms with Crippen molar-refractivity contribution in [3.63, 3.8) is 0 Å². The van der Waals surface area contributed by atoms with Gasteiger partial charge in [-0.3, -0.25) is 4.79 Å². The Labute approximate surface area is 204 Å². The molecule has 1 fully saturated rings. The van der Waals surface area contributed by atoms with Crippen molar-refractivity contribution in [2.45, 2.75) is 13.8 Å². The molecule has 1 saturated heterocycles. The molecule has 0 bridgehead atoms. The molecule has 5 rings (SSSR count). The van der Waals surface area contributed by atoms with Gasteiger partial charge >= 0.3 is 6.03 Å². The number of urea groups is 1. The first-order chi connectivity index (χ1) is 17.0. The van der Waals surface area contributed by atoms with Crippen LogP contribution in [0.5, 0.6) is 0 Å². The van der Waals surface area contributed by atoms with Crippen LogP contribution < -0.4 is 10.6 Å². The Kier molecular flexibility index (Phi) is 6.25. The number of nitrogens with zero attached hydrogens (tertiary/aromatic N) is 1. The van der Waals surface area contributed by atoms with E-state index in [1.165, 1.54) is 0 Å². The van der Waals surface area contributed by atoms with Crippen molar-refractivity contribution in [1.82, 2.24) is 9.88 Å². The van der Waals surface area contributed by atoms with E-state index in [0.29, 0.717) is 43.2 Å². The molecule has 4 aromatic rings. The van der Waals surface area contributed by atoms with Crippen LogP contribution in [0.4, 0.5) is 16.2 Å². The number of H-pyrrole nitrogens is 1. The smallest absolute Gasteiger partial charge is 0.323 e. The number of fused-ring (bicyclic) bond motifs is 1. The van der Waals surface area contributed by atoms with E-state index in [-0.39, 0.29) is 11.9 Å². The van der Waals surface area contributed by atoms with Crippen LogP contribution in [0.1, 0.15) is 21.6 Å². The second-order valence-corrected chi connectivity index (χ2v) is 8.77. The standard InChI is InChI=1S/C28H28N4O3/c1-18-16-21-24(20-9-4-3-5-10-20)26(27(33)32-12-14-35-15-13-32)31-25(21)23(17-18)30-28(34)29-22-11-7-6-8-19(22)2/h3-11,16-17,31H,12-15H2,1-2H3,(H2,29,30,34). The quantitative estimate of drug-likeness (QED) is 0.366. The predicted octanol–water partition coefficient (Wildman–Crippen LogP) is 5.57. The Bertz CT molecular complexity index is 1390. The fraction of sp³-hybridized carbons (Fsp3) is 0.214. The molecule has 7 heteroatoms. The van der Waals surface area contributed by atoms with Gasteiger partial charge in [-0.1, -0.05) is 48.5 Å². The number of aromatic nitrogens is 1. The van der Waals surface area contributed by atoms with Gasteiger partial charge in [0.15, 0.2) is 0 Å². The van der Waals surface area contributed by atoms with Gasteiger partial charge in [0, 0.05) is 29.7 Å². The zero-order valence-corrected chi connectivity index (χ0v) is 19.9. The summed E-state index contributed by atoms with van der Waals surface area (Å²) < 4.78 is 5.44. The lowest BCUT2D eigenvalue weighted by molar-refractivity contribution is 0.0300. The SMILES string of the molecule is Cc1cc(NC(=O)Nc2ccccc2C)c2[nH]c(C(=O)N3CCOCC3)c(-c3ccccc3)c2c1. The van der Waals surface area contributed by atoms with E-state index in [2.05, 4.69) is 21.7 Å². The number of ether oxygens (including phenoxy) is 1. The molecule has 0 spiro atoms. The highest BCUT2D eigenvalue weighted by atomic mass is 16.5. The number of nitrogens with one attached hydrogen (secondary N) is 3. The summed E-state index contributed by atoms with van der Waals surface area (Å²) in [6.45, 7) is 6.07. The lowest BCUT2D eigenvalue weighted by Gasteiger charge is -2.26. The van der Waals surface area contributed by atoms with Crippen LogP contribution in [-0.4, -0.2) is 48.1 Å². The predicted molar refractivity (Wildman–Crippen MR) is 139 cm³/mol. The number of benzene rings is 3. The molecular weight excluding hydrogens is 440 g/mol. The minimum Gasteiger partial charge on any atom is -0.378 e. The normalized spacial score (nSPS) is 13.6. The third-order valence-electron chi connectivity index (χ3n) is 6.27. The van der Waals surface area contributed by atoms with Crippen molar-refractivity contribution >= 4 is 34.2 Å². The van der Waals surface area contributed by atoms with Gasteiger partial charge in [0.05, 0.1) is 24.4 Å². The molecule has 0 atom stereocenters. The first kappa shape index (κ1) is 22.7. The van der Waals surface area contributed by atoms with Crippen LogP contribution in [-0.2, 0) is 4.74 Å². The largest absolute Gasteiger partial charge is 0.378 e. The number of para-hydroxylation sites is 1. The van der Waals surface area contributed by atoms with Crippen molar-refractivity contribution in [3.8, 4) is 11.1 Å². The fourth-order valence-corrected chi connectivity index (χ4v) is 4.52. The second kappa shape index (κ2) is 9.64. The summed E-state index contributed by atoms with van der Waals surface area (Å²) in [5.74, 6) is -0.0729. The van der Waals surface area contributed by atoms with E-state index in [4.69, 9.17) is 4.74 Å². The molecule has 178 valence electrons. The molecule has 2 heterocycles. The van der Waals surface area contributed by atoms with Crippen LogP contribution >= 0.6 is 0 Å². The number of morpholine rings is 1. The van der Waals surface area contributed by atoms with Crippen LogP contribution in [0.2, 0.25) is 0 Å². The van der Waals surface area contributed by atoms with Crippen molar-refractivity contribution in [2.24, 2.45) is 0 Å². The van der Waals surface area contributed by atoms with Crippen molar-refractivity contribution in [1.29, 1.82) is 0 Å². The van der Waals surface area contributed by atoms with E-state index in [1.54, 1.807) is 0 Å². The third-order valence-corrected chi connectivity index (χ3v) is 6.27. The maximum atomic E-state index is 13.6. The van der Waals surface area contributed by atoms with Crippen LogP contribution in [0, 0.1) is 13.8 Å². The highest BCUT2D eigenvalue weighted by molar-refractivity contribution is 6.14. The van der Waals surface area contributed by atoms with Crippen LogP contribution in [0.3, 0.4) is 0 Å². The zero-order chi connectivity index (χ0) is 24.4. The van der Waals surface area contributed by atoms with Crippen molar-refractivity contribution < 1.29 is 14.3 Å². The molecule has 1 aliphatic rings. The highest BCUT2D eigenvalue weighted by Crippen LogP contribution is 2.37. The molecule has 3 amide bonds. The van der Waals surface area contributed by atoms with Gasteiger partial charge in [-0.05, 0) is 48.7 Å². The Morgan fingerprint density at radius 2 is 1.57 bits per heavy atom. The molecule has 3 N–H and O–H groups in total. The summed E-state index contributed by atoms with van der Waals surface area (Å²) in [6, 6.07) is 21.1. The van der Waals surface area contributed by atoms with E-state index in [1.807, 2.05) is 79.4 Å². The number of hydrogen-bond donors (Lipinski definition) is 3. The Hall–Kier alpha value is -4.10. The summed E-state index contributed by atoms with van der Waals surface area (Å²) >= 11 is 0. The molecule has 0 saturated carbocycles. The summed E-state index contributed by atoms with van der Waals surface area (Å²) in [5.41, 5.74) is 6.32. The molecule has 35 heavy (non-hydrogen) atoms. The van der Waals surface area contributed by atoms with Gasteiger partial charge < -0.3 is 25.3 Å². The topological polar surface area (TPSA) is 86.5 Å². The van der Waals surface area contributed by atoms with Crippen molar-refractivity contribution in [3.05, 3.63) is 83.6 Å². The second-order valence-electron chi connectivity index (χ2n) is 8.77. The first-order valence-corrected chi connectivity index (χ1v) is 11.7. The Balaban J connectivity index is 1.58. The minimum atomic E-state index is -0.344. The van der Waals surface area contributed by atoms with Gasteiger partial charge in [0.1, 0.15) is 5.69 Å². The number of amides is 3. The Morgan fingerprint density at radius 3 is 2.31 bits per heavy atom. The molecule has 7 nitrogen and oxygen atoms in total. The van der Waals surface area contributed by atoms with E-state index in [9.17, 15) is 9.59 Å². The number of aromatic amines is 1. The number of carbonyl (C=O) groups excluding carboxylic acids is 2. The summed E-state index contributed by atoms with van der Waals surface area (Å²) in [5, 5.41) is 6.79. The van der Waals surface area contributed by atoms with Crippen LogP contribution in [0.25, 0.3) is 22.0 Å². The average Bonchev–Trinajstić information content (AvgIpc) is 3.25. The maximum absolute atomic E-state index is 13.6. The number of anilines is 2. The monoisotopic (exact) mass is 468 g/mol. The number of rotatable bonds is 4. The molecule has 0 aliphatic carbocycles. The summed E-state index contributed by atoms with van der Waals surface area (Å²) in [4.78, 5) is 31.7. The van der Waals surface area contributed by atoms with Gasteiger partial charge in [-0.15, -0.1) is 0 Å². The molecular formula is C28H28N4O3. The first-order valence-electron chi connectivity index (χ1n) is 11.7. The number of hydrogen-bond acceptors (Lipinski definition) is 3. The molecule has 3 aromatic carbocycles. The molecule has 1 aliphatic heterocycles.